The number of hydrogen-bond donors (Lipinski definition) is 1. The number of likely N-dealkylation sites (N-methyl/N-ethyl adjacent to an activating group) is 1. The van der Waals surface area contributed by atoms with Crippen LogP contribution in [0.1, 0.15) is 26.4 Å². The van der Waals surface area contributed by atoms with Crippen LogP contribution in [0.4, 0.5) is 5.69 Å². The molecule has 148 valence electrons. The lowest BCUT2D eigenvalue weighted by Crippen LogP contribution is -2.29. The van der Waals surface area contributed by atoms with Gasteiger partial charge in [0.15, 0.2) is 0 Å². The normalized spacial score (nSPS) is 10.3. The van der Waals surface area contributed by atoms with Gasteiger partial charge in [-0.2, -0.15) is 0 Å². The van der Waals surface area contributed by atoms with Crippen LogP contribution in [0.25, 0.3) is 0 Å². The molecule has 0 spiro atoms. The fourth-order valence-corrected chi connectivity index (χ4v) is 2.71. The second-order valence-corrected chi connectivity index (χ2v) is 6.44. The van der Waals surface area contributed by atoms with Crippen molar-refractivity contribution in [3.8, 4) is 5.75 Å². The largest absolute Gasteiger partial charge is 0.497 e. The van der Waals surface area contributed by atoms with E-state index in [0.717, 1.165) is 5.56 Å². The van der Waals surface area contributed by atoms with Crippen LogP contribution in [-0.4, -0.2) is 47.4 Å². The van der Waals surface area contributed by atoms with Crippen molar-refractivity contribution in [2.75, 3.05) is 26.0 Å². The first-order chi connectivity index (χ1) is 14.1. The van der Waals surface area contributed by atoms with Crippen molar-refractivity contribution in [2.45, 2.75) is 6.42 Å². The van der Waals surface area contributed by atoms with Gasteiger partial charge >= 0.3 is 0 Å². The maximum absolute atomic E-state index is 12.7. The van der Waals surface area contributed by atoms with Crippen LogP contribution in [-0.2, 0) is 6.42 Å². The van der Waals surface area contributed by atoms with Crippen molar-refractivity contribution in [1.29, 1.82) is 0 Å². The Morgan fingerprint density at radius 1 is 1.03 bits per heavy atom. The van der Waals surface area contributed by atoms with Crippen LogP contribution in [0.15, 0.2) is 67.1 Å². The van der Waals surface area contributed by atoms with E-state index in [1.807, 2.05) is 12.1 Å². The highest BCUT2D eigenvalue weighted by Gasteiger charge is 2.16. The number of aromatic nitrogens is 2. The van der Waals surface area contributed by atoms with E-state index in [2.05, 4.69) is 15.3 Å². The minimum Gasteiger partial charge on any atom is -0.497 e. The zero-order valence-corrected chi connectivity index (χ0v) is 16.3. The lowest BCUT2D eigenvalue weighted by Gasteiger charge is -2.17. The SMILES string of the molecule is COc1ccc(NC(=O)c2ccnc(C(=O)N(C)CCc3ccncc3)c2)cc1. The Morgan fingerprint density at radius 2 is 1.76 bits per heavy atom. The molecule has 0 saturated carbocycles. The summed E-state index contributed by atoms with van der Waals surface area (Å²) in [7, 11) is 3.30. The van der Waals surface area contributed by atoms with Crippen molar-refractivity contribution in [2.24, 2.45) is 0 Å². The molecule has 0 fully saturated rings. The Hall–Kier alpha value is -3.74. The molecule has 3 aromatic rings. The summed E-state index contributed by atoms with van der Waals surface area (Å²) >= 11 is 0. The Balaban J connectivity index is 1.64. The van der Waals surface area contributed by atoms with E-state index in [0.29, 0.717) is 30.0 Å². The van der Waals surface area contributed by atoms with Crippen molar-refractivity contribution >= 4 is 17.5 Å². The van der Waals surface area contributed by atoms with Crippen molar-refractivity contribution < 1.29 is 14.3 Å². The number of carbonyl (C=O) groups excluding carboxylic acids is 2. The maximum atomic E-state index is 12.7. The molecule has 0 aliphatic heterocycles. The second kappa shape index (κ2) is 9.45. The maximum Gasteiger partial charge on any atom is 0.272 e. The lowest BCUT2D eigenvalue weighted by molar-refractivity contribution is 0.0791. The van der Waals surface area contributed by atoms with E-state index in [9.17, 15) is 9.59 Å². The first-order valence-corrected chi connectivity index (χ1v) is 9.12. The van der Waals surface area contributed by atoms with Gasteiger partial charge < -0.3 is 15.0 Å². The predicted molar refractivity (Wildman–Crippen MR) is 110 cm³/mol. The summed E-state index contributed by atoms with van der Waals surface area (Å²) in [6.07, 6.45) is 5.63. The van der Waals surface area contributed by atoms with Gasteiger partial charge in [-0.1, -0.05) is 0 Å². The molecule has 1 aromatic carbocycles. The van der Waals surface area contributed by atoms with Crippen LogP contribution >= 0.6 is 0 Å². The number of benzene rings is 1. The topological polar surface area (TPSA) is 84.4 Å². The number of methoxy groups -OCH3 is 1. The standard InChI is InChI=1S/C22H22N4O3/c1-26(14-10-16-7-11-23-12-8-16)22(28)20-15-17(9-13-24-20)21(27)25-18-3-5-19(29-2)6-4-18/h3-9,11-13,15H,10,14H2,1-2H3,(H,25,27). The first-order valence-electron chi connectivity index (χ1n) is 9.12. The number of hydrogen-bond acceptors (Lipinski definition) is 5. The Kier molecular flexibility index (Phi) is 6.52. The number of nitrogens with zero attached hydrogens (tertiary/aromatic N) is 3. The summed E-state index contributed by atoms with van der Waals surface area (Å²) in [4.78, 5) is 34.9. The summed E-state index contributed by atoms with van der Waals surface area (Å²) in [5.41, 5.74) is 2.32. The quantitative estimate of drug-likeness (QED) is 0.670. The number of carbonyl (C=O) groups is 2. The third-order valence-electron chi connectivity index (χ3n) is 4.42. The fraction of sp³-hybridized carbons (Fsp3) is 0.182. The van der Waals surface area contributed by atoms with Crippen LogP contribution < -0.4 is 10.1 Å². The summed E-state index contributed by atoms with van der Waals surface area (Å²) in [6, 6.07) is 13.9. The summed E-state index contributed by atoms with van der Waals surface area (Å²) < 4.78 is 5.11. The van der Waals surface area contributed by atoms with Crippen LogP contribution in [0.5, 0.6) is 5.75 Å². The minimum absolute atomic E-state index is 0.226. The molecule has 29 heavy (non-hydrogen) atoms. The highest BCUT2D eigenvalue weighted by Crippen LogP contribution is 2.16. The van der Waals surface area contributed by atoms with Gasteiger partial charge in [0, 0.05) is 43.4 Å². The zero-order chi connectivity index (χ0) is 20.6. The number of nitrogens with one attached hydrogen (secondary N) is 1. The number of amides is 2. The molecule has 7 heteroatoms. The molecule has 1 N–H and O–H groups in total. The minimum atomic E-state index is -0.314. The summed E-state index contributed by atoms with van der Waals surface area (Å²) in [5, 5.41) is 2.80. The lowest BCUT2D eigenvalue weighted by atomic mass is 10.1. The predicted octanol–water partition coefficient (Wildman–Crippen LogP) is 3.05. The molecule has 2 amide bonds. The van der Waals surface area contributed by atoms with E-state index >= 15 is 0 Å². The Labute approximate surface area is 169 Å². The van der Waals surface area contributed by atoms with E-state index in [1.54, 1.807) is 61.8 Å². The molecular weight excluding hydrogens is 368 g/mol. The summed E-state index contributed by atoms with van der Waals surface area (Å²) in [6.45, 7) is 0.535. The highest BCUT2D eigenvalue weighted by molar-refractivity contribution is 6.05. The number of ether oxygens (including phenoxy) is 1. The fourth-order valence-electron chi connectivity index (χ4n) is 2.71. The monoisotopic (exact) mass is 390 g/mol. The zero-order valence-electron chi connectivity index (χ0n) is 16.3. The first kappa shape index (κ1) is 20.0. The molecule has 0 aliphatic rings. The van der Waals surface area contributed by atoms with Gasteiger partial charge in [0.25, 0.3) is 11.8 Å². The number of anilines is 1. The van der Waals surface area contributed by atoms with Gasteiger partial charge in [-0.05, 0) is 60.5 Å². The van der Waals surface area contributed by atoms with E-state index in [4.69, 9.17) is 4.74 Å². The molecule has 3 rings (SSSR count). The number of pyridine rings is 2. The molecule has 0 radical (unpaired) electrons. The Bertz CT molecular complexity index is 975. The third-order valence-corrected chi connectivity index (χ3v) is 4.42. The molecule has 0 saturated heterocycles. The van der Waals surface area contributed by atoms with Gasteiger partial charge in [0.2, 0.25) is 0 Å². The molecule has 0 bridgehead atoms. The van der Waals surface area contributed by atoms with Crippen molar-refractivity contribution in [3.63, 3.8) is 0 Å². The summed E-state index contributed by atoms with van der Waals surface area (Å²) in [5.74, 6) is 0.152. The molecule has 0 atom stereocenters. The number of rotatable bonds is 7. The van der Waals surface area contributed by atoms with Crippen LogP contribution in [0.2, 0.25) is 0 Å². The van der Waals surface area contributed by atoms with Crippen LogP contribution in [0, 0.1) is 0 Å². The average Bonchev–Trinajstić information content (AvgIpc) is 2.78. The van der Waals surface area contributed by atoms with Gasteiger partial charge in [-0.15, -0.1) is 0 Å². The molecule has 0 aliphatic carbocycles. The average molecular weight is 390 g/mol. The molecule has 2 heterocycles. The van der Waals surface area contributed by atoms with Gasteiger partial charge in [-0.3, -0.25) is 19.6 Å². The molecular formula is C22H22N4O3. The smallest absolute Gasteiger partial charge is 0.272 e. The van der Waals surface area contributed by atoms with E-state index in [-0.39, 0.29) is 17.5 Å². The second-order valence-electron chi connectivity index (χ2n) is 6.44. The molecule has 2 aromatic heterocycles. The van der Waals surface area contributed by atoms with Gasteiger partial charge in [0.1, 0.15) is 11.4 Å². The Morgan fingerprint density at radius 3 is 2.45 bits per heavy atom. The van der Waals surface area contributed by atoms with E-state index < -0.39 is 0 Å². The van der Waals surface area contributed by atoms with Gasteiger partial charge in [0.05, 0.1) is 7.11 Å². The highest BCUT2D eigenvalue weighted by atomic mass is 16.5. The van der Waals surface area contributed by atoms with Crippen LogP contribution in [0.3, 0.4) is 0 Å². The molecule has 0 unspecified atom stereocenters. The van der Waals surface area contributed by atoms with Crippen molar-refractivity contribution in [1.82, 2.24) is 14.9 Å². The van der Waals surface area contributed by atoms with Gasteiger partial charge in [-0.25, -0.2) is 0 Å². The third kappa shape index (κ3) is 5.38. The van der Waals surface area contributed by atoms with E-state index in [1.165, 1.54) is 12.3 Å². The van der Waals surface area contributed by atoms with Crippen molar-refractivity contribution in [3.05, 3.63) is 83.9 Å². The molecule has 7 nitrogen and oxygen atoms in total.